The number of nitrogens with one attached hydrogen (secondary N) is 2. The molecule has 7 rings (SSSR count). The zero-order chi connectivity index (χ0) is 29.2. The molecule has 2 aliphatic carbocycles. The molecule has 0 spiro atoms. The predicted molar refractivity (Wildman–Crippen MR) is 153 cm³/mol. The Bertz CT molecular complexity index is 1770. The van der Waals surface area contributed by atoms with E-state index in [0.29, 0.717) is 45.9 Å². The molecule has 0 bridgehead atoms. The number of anilines is 3. The third-order valence-electron chi connectivity index (χ3n) is 8.01. The Morgan fingerprint density at radius 2 is 1.95 bits per heavy atom. The zero-order valence-electron chi connectivity index (χ0n) is 22.6. The normalized spacial score (nSPS) is 21.7. The van der Waals surface area contributed by atoms with Gasteiger partial charge < -0.3 is 15.0 Å². The standard InChI is InChI=1S/C29H26ClFN8O3/c1-37-25(40)14-39(28(37)42)22-7-17(16-5-6-16)12-38-13-20(35-26(22)38)11-32-23-9-24(34-15-33-23)36-27(41)21-10-29(21,31)18-3-2-4-19(30)8-18/h2-4,7-9,12-13,15-16,21H,5-6,10-11,14H2,1H3,(H2,32,33,34,36,41)/t21-,29+/m0/s1. The first-order chi connectivity index (χ1) is 20.2. The molecular formula is C29H26ClFN8O3. The number of hydrogen-bond donors (Lipinski definition) is 2. The molecule has 0 radical (unpaired) electrons. The third-order valence-corrected chi connectivity index (χ3v) is 8.25. The number of rotatable bonds is 8. The maximum atomic E-state index is 15.4. The van der Waals surface area contributed by atoms with Gasteiger partial charge in [0.2, 0.25) is 11.8 Å². The maximum Gasteiger partial charge on any atom is 0.331 e. The second-order valence-corrected chi connectivity index (χ2v) is 11.4. The molecule has 2 saturated carbocycles. The van der Waals surface area contributed by atoms with Gasteiger partial charge in [0.15, 0.2) is 5.65 Å². The molecule has 11 nitrogen and oxygen atoms in total. The van der Waals surface area contributed by atoms with Gasteiger partial charge in [-0.25, -0.2) is 24.1 Å². The number of amides is 4. The van der Waals surface area contributed by atoms with E-state index in [1.165, 1.54) is 24.3 Å². The zero-order valence-corrected chi connectivity index (χ0v) is 23.3. The Kier molecular flexibility index (Phi) is 6.12. The van der Waals surface area contributed by atoms with Crippen LogP contribution in [-0.2, 0) is 21.8 Å². The second kappa shape index (κ2) is 9.76. The van der Waals surface area contributed by atoms with Gasteiger partial charge >= 0.3 is 6.03 Å². The number of pyridine rings is 1. The molecule has 2 N–H and O–H groups in total. The average Bonchev–Trinajstić information content (AvgIpc) is 3.88. The molecule has 3 fully saturated rings. The van der Waals surface area contributed by atoms with Crippen LogP contribution in [0.3, 0.4) is 0 Å². The highest BCUT2D eigenvalue weighted by Crippen LogP contribution is 2.56. The summed E-state index contributed by atoms with van der Waals surface area (Å²) in [5.41, 5.74) is 1.58. The molecule has 1 aliphatic heterocycles. The van der Waals surface area contributed by atoms with Gasteiger partial charge in [-0.15, -0.1) is 0 Å². The van der Waals surface area contributed by atoms with Gasteiger partial charge in [0, 0.05) is 37.0 Å². The van der Waals surface area contributed by atoms with Gasteiger partial charge in [-0.3, -0.25) is 19.4 Å². The van der Waals surface area contributed by atoms with Crippen LogP contribution in [0.4, 0.5) is 26.5 Å². The molecule has 4 heterocycles. The fourth-order valence-corrected chi connectivity index (χ4v) is 5.57. The summed E-state index contributed by atoms with van der Waals surface area (Å²) in [6.07, 6.45) is 7.44. The second-order valence-electron chi connectivity index (χ2n) is 11.0. The van der Waals surface area contributed by atoms with Crippen molar-refractivity contribution in [2.75, 3.05) is 29.1 Å². The van der Waals surface area contributed by atoms with Crippen LogP contribution in [0.5, 0.6) is 0 Å². The molecule has 3 aromatic heterocycles. The number of likely N-dealkylation sites (N-methyl/N-ethyl adjacent to an activating group) is 1. The van der Waals surface area contributed by atoms with Crippen molar-refractivity contribution in [3.05, 3.63) is 77.0 Å². The number of imide groups is 1. The lowest BCUT2D eigenvalue weighted by atomic mass is 10.1. The SMILES string of the molecule is CN1C(=O)CN(c2cc(C3CC3)cn3cc(CNc4cc(NC(=O)[C@@H]5C[C@@]5(F)c5cccc(Cl)c5)ncn4)nc23)C1=O. The number of aromatic nitrogens is 4. The molecule has 3 aliphatic rings. The van der Waals surface area contributed by atoms with Crippen molar-refractivity contribution in [1.29, 1.82) is 0 Å². The number of imidazole rings is 1. The summed E-state index contributed by atoms with van der Waals surface area (Å²) < 4.78 is 17.2. The summed E-state index contributed by atoms with van der Waals surface area (Å²) >= 11 is 6.00. The van der Waals surface area contributed by atoms with Crippen LogP contribution in [0.25, 0.3) is 5.65 Å². The first-order valence-electron chi connectivity index (χ1n) is 13.6. The van der Waals surface area contributed by atoms with Crippen molar-refractivity contribution in [3.8, 4) is 0 Å². The van der Waals surface area contributed by atoms with E-state index >= 15 is 4.39 Å². The molecule has 1 aromatic carbocycles. The van der Waals surface area contributed by atoms with Crippen LogP contribution in [-0.4, -0.2) is 55.7 Å². The predicted octanol–water partition coefficient (Wildman–Crippen LogP) is 4.49. The minimum absolute atomic E-state index is 0.0293. The van der Waals surface area contributed by atoms with Gasteiger partial charge in [-0.05, 0) is 48.1 Å². The van der Waals surface area contributed by atoms with Gasteiger partial charge in [0.05, 0.1) is 23.8 Å². The van der Waals surface area contributed by atoms with Gasteiger partial charge in [-0.1, -0.05) is 23.7 Å². The molecule has 13 heteroatoms. The summed E-state index contributed by atoms with van der Waals surface area (Å²) in [5.74, 6) is -0.462. The maximum absolute atomic E-state index is 15.4. The molecular weight excluding hydrogens is 563 g/mol. The Morgan fingerprint density at radius 3 is 2.69 bits per heavy atom. The van der Waals surface area contributed by atoms with Crippen molar-refractivity contribution < 1.29 is 18.8 Å². The lowest BCUT2D eigenvalue weighted by molar-refractivity contribution is -0.124. The quantitative estimate of drug-likeness (QED) is 0.291. The van der Waals surface area contributed by atoms with E-state index in [0.717, 1.165) is 23.3 Å². The number of carbonyl (C=O) groups is 3. The van der Waals surface area contributed by atoms with E-state index in [-0.39, 0.29) is 30.7 Å². The summed E-state index contributed by atoms with van der Waals surface area (Å²) in [6.45, 7) is 0.264. The van der Waals surface area contributed by atoms with Crippen molar-refractivity contribution in [2.45, 2.75) is 37.4 Å². The highest BCUT2D eigenvalue weighted by atomic mass is 35.5. The van der Waals surface area contributed by atoms with Gasteiger partial charge in [-0.2, -0.15) is 0 Å². The minimum atomic E-state index is -1.76. The van der Waals surface area contributed by atoms with Crippen LogP contribution in [0.2, 0.25) is 5.02 Å². The largest absolute Gasteiger partial charge is 0.364 e. The molecule has 0 unspecified atom stereocenters. The highest BCUT2D eigenvalue weighted by molar-refractivity contribution is 6.30. The number of fused-ring (bicyclic) bond motifs is 1. The van der Waals surface area contributed by atoms with E-state index in [4.69, 9.17) is 16.6 Å². The Hall–Kier alpha value is -4.58. The van der Waals surface area contributed by atoms with Crippen molar-refractivity contribution >= 4 is 52.4 Å². The van der Waals surface area contributed by atoms with Gasteiger partial charge in [0.1, 0.15) is 30.2 Å². The van der Waals surface area contributed by atoms with E-state index < -0.39 is 17.5 Å². The summed E-state index contributed by atoms with van der Waals surface area (Å²) in [4.78, 5) is 53.4. The van der Waals surface area contributed by atoms with Crippen LogP contribution in [0.15, 0.2) is 55.1 Å². The van der Waals surface area contributed by atoms with E-state index in [2.05, 4.69) is 20.6 Å². The third kappa shape index (κ3) is 4.71. The smallest absolute Gasteiger partial charge is 0.331 e. The fraction of sp³-hybridized carbons (Fsp3) is 0.310. The van der Waals surface area contributed by atoms with Crippen LogP contribution < -0.4 is 15.5 Å². The fourth-order valence-electron chi connectivity index (χ4n) is 5.38. The average molecular weight is 589 g/mol. The Morgan fingerprint density at radius 1 is 1.14 bits per heavy atom. The summed E-state index contributed by atoms with van der Waals surface area (Å²) in [5, 5.41) is 6.28. The first kappa shape index (κ1) is 26.3. The minimum Gasteiger partial charge on any atom is -0.364 e. The number of carbonyl (C=O) groups excluding carboxylic acids is 3. The number of hydrogen-bond acceptors (Lipinski definition) is 7. The number of nitrogens with zero attached hydrogens (tertiary/aromatic N) is 6. The van der Waals surface area contributed by atoms with Crippen LogP contribution >= 0.6 is 11.6 Å². The molecule has 214 valence electrons. The van der Waals surface area contributed by atoms with Crippen LogP contribution in [0, 0.1) is 5.92 Å². The van der Waals surface area contributed by atoms with E-state index in [1.54, 1.807) is 24.3 Å². The molecule has 4 aromatic rings. The number of urea groups is 1. The lowest BCUT2D eigenvalue weighted by Gasteiger charge is -2.17. The van der Waals surface area contributed by atoms with Gasteiger partial charge in [0.25, 0.3) is 0 Å². The summed E-state index contributed by atoms with van der Waals surface area (Å²) in [7, 11) is 1.48. The summed E-state index contributed by atoms with van der Waals surface area (Å²) in [6, 6.07) is 9.63. The monoisotopic (exact) mass is 588 g/mol. The molecule has 4 amide bonds. The molecule has 2 atom stereocenters. The number of halogens is 2. The van der Waals surface area contributed by atoms with Crippen molar-refractivity contribution in [1.82, 2.24) is 24.3 Å². The number of alkyl halides is 1. The highest BCUT2D eigenvalue weighted by Gasteiger charge is 2.61. The van der Waals surface area contributed by atoms with E-state index in [1.807, 2.05) is 22.9 Å². The molecule has 42 heavy (non-hydrogen) atoms. The first-order valence-corrected chi connectivity index (χ1v) is 14.0. The van der Waals surface area contributed by atoms with E-state index in [9.17, 15) is 14.4 Å². The Labute approximate surface area is 244 Å². The van der Waals surface area contributed by atoms with Crippen LogP contribution in [0.1, 0.15) is 42.0 Å². The topological polar surface area (TPSA) is 125 Å². The van der Waals surface area contributed by atoms with Crippen molar-refractivity contribution in [2.24, 2.45) is 5.92 Å². The van der Waals surface area contributed by atoms with Crippen molar-refractivity contribution in [3.63, 3.8) is 0 Å². The number of benzene rings is 1. The Balaban J connectivity index is 1.06. The molecule has 1 saturated heterocycles. The lowest BCUT2D eigenvalue weighted by Crippen LogP contribution is -2.30.